The molecular weight excluding hydrogens is 468 g/mol. The molecule has 6 heteroatoms. The van der Waals surface area contributed by atoms with Crippen LogP contribution in [0.15, 0.2) is 0 Å². The number of carbonyl (C=O) groups is 2. The molecule has 6 aliphatic rings. The summed E-state index contributed by atoms with van der Waals surface area (Å²) < 4.78 is 17.9. The zero-order chi connectivity index (χ0) is 26.8. The van der Waals surface area contributed by atoms with E-state index in [0.717, 1.165) is 44.9 Å². The maximum absolute atomic E-state index is 12.4. The summed E-state index contributed by atoms with van der Waals surface area (Å²) in [6.45, 7) is 13.3. The molecule has 11 atom stereocenters. The van der Waals surface area contributed by atoms with E-state index in [2.05, 4.69) is 20.8 Å². The van der Waals surface area contributed by atoms with Crippen molar-refractivity contribution in [2.75, 3.05) is 7.11 Å². The lowest BCUT2D eigenvalue weighted by Gasteiger charge is -2.61. The number of fused-ring (bicyclic) bond motifs is 4. The van der Waals surface area contributed by atoms with Crippen LogP contribution in [0.1, 0.15) is 106 Å². The molecule has 2 heterocycles. The topological polar surface area (TPSA) is 82.1 Å². The molecule has 2 aliphatic heterocycles. The third-order valence-electron chi connectivity index (χ3n) is 13.3. The Balaban J connectivity index is 1.34. The first-order valence-corrected chi connectivity index (χ1v) is 14.9. The quantitative estimate of drug-likeness (QED) is 0.487. The lowest BCUT2D eigenvalue weighted by molar-refractivity contribution is -0.276. The Morgan fingerprint density at radius 1 is 1.11 bits per heavy atom. The normalized spacial score (nSPS) is 54.1. The van der Waals surface area contributed by atoms with Gasteiger partial charge < -0.3 is 19.3 Å². The molecule has 0 aromatic heterocycles. The number of aliphatic hydroxyl groups is 1. The highest BCUT2D eigenvalue weighted by atomic mass is 16.7. The van der Waals surface area contributed by atoms with E-state index >= 15 is 0 Å². The van der Waals surface area contributed by atoms with Crippen LogP contribution in [0, 0.1) is 51.2 Å². The first kappa shape index (κ1) is 26.1. The molecule has 4 aliphatic carbocycles. The molecule has 6 nitrogen and oxygen atoms in total. The zero-order valence-electron chi connectivity index (χ0n) is 24.0. The molecule has 0 unspecified atom stereocenters. The number of carbonyl (C=O) groups excluding carboxylic acids is 2. The minimum atomic E-state index is -0.761. The fraction of sp³-hybridized carbons (Fsp3) is 0.935. The molecule has 37 heavy (non-hydrogen) atoms. The molecule has 2 saturated heterocycles. The third kappa shape index (κ3) is 3.24. The largest absolute Gasteiger partial charge is 0.469 e. The van der Waals surface area contributed by atoms with Gasteiger partial charge in [0, 0.05) is 19.3 Å². The Morgan fingerprint density at radius 3 is 2.46 bits per heavy atom. The van der Waals surface area contributed by atoms with E-state index in [9.17, 15) is 14.7 Å². The predicted molar refractivity (Wildman–Crippen MR) is 138 cm³/mol. The third-order valence-corrected chi connectivity index (χ3v) is 13.3. The van der Waals surface area contributed by atoms with Gasteiger partial charge in [-0.15, -0.1) is 0 Å². The summed E-state index contributed by atoms with van der Waals surface area (Å²) in [5.74, 6) is 0.570. The van der Waals surface area contributed by atoms with Crippen molar-refractivity contribution in [2.24, 2.45) is 51.2 Å². The highest BCUT2D eigenvalue weighted by Gasteiger charge is 2.82. The van der Waals surface area contributed by atoms with Crippen LogP contribution in [0.4, 0.5) is 0 Å². The number of ether oxygens (including phenoxy) is 3. The lowest BCUT2D eigenvalue weighted by atomic mass is 9.43. The van der Waals surface area contributed by atoms with Crippen molar-refractivity contribution < 1.29 is 28.9 Å². The van der Waals surface area contributed by atoms with Crippen molar-refractivity contribution in [3.05, 3.63) is 0 Å². The van der Waals surface area contributed by atoms with Gasteiger partial charge in [-0.2, -0.15) is 0 Å². The summed E-state index contributed by atoms with van der Waals surface area (Å²) in [6, 6.07) is 0. The van der Waals surface area contributed by atoms with Gasteiger partial charge >= 0.3 is 11.9 Å². The Morgan fingerprint density at radius 2 is 1.84 bits per heavy atom. The second-order valence-electron chi connectivity index (χ2n) is 15.2. The first-order chi connectivity index (χ1) is 17.2. The number of methoxy groups -OCH3 is 1. The zero-order valence-corrected chi connectivity index (χ0v) is 24.0. The second-order valence-corrected chi connectivity index (χ2v) is 15.2. The van der Waals surface area contributed by atoms with Crippen molar-refractivity contribution in [2.45, 2.75) is 123 Å². The molecule has 6 fully saturated rings. The van der Waals surface area contributed by atoms with Gasteiger partial charge in [-0.25, -0.2) is 0 Å². The maximum Gasteiger partial charge on any atom is 0.311 e. The standard InChI is InChI=1S/C31H48O6/c1-18-14-31(15-19(2)25(33)37-31)36-20-16-28(6)22-9-8-21(26(3,4)34)29(11-10-23(32)35-7)17-30(22,29)13-12-27(28,5)24(18)20/h18-22,24,34H,8-17H2,1-7H3/t18-,19-,20-,21-,22+,24+,27-,28+,29-,30+,31+/m1/s1. The molecule has 1 N–H and O–H groups in total. The van der Waals surface area contributed by atoms with E-state index < -0.39 is 11.4 Å². The number of hydrogen-bond acceptors (Lipinski definition) is 6. The van der Waals surface area contributed by atoms with Crippen LogP contribution in [0.25, 0.3) is 0 Å². The molecule has 0 aromatic rings. The van der Waals surface area contributed by atoms with Crippen LogP contribution in [0.2, 0.25) is 0 Å². The minimum absolute atomic E-state index is 0.00453. The molecular formula is C31H48O6. The van der Waals surface area contributed by atoms with Gasteiger partial charge in [0.1, 0.15) is 0 Å². The van der Waals surface area contributed by atoms with Crippen LogP contribution in [0.5, 0.6) is 0 Å². The summed E-state index contributed by atoms with van der Waals surface area (Å²) >= 11 is 0. The fourth-order valence-electron chi connectivity index (χ4n) is 11.9. The van der Waals surface area contributed by atoms with Gasteiger partial charge in [-0.3, -0.25) is 9.59 Å². The molecule has 208 valence electrons. The maximum atomic E-state index is 12.4. The van der Waals surface area contributed by atoms with Crippen molar-refractivity contribution in [3.8, 4) is 0 Å². The lowest BCUT2D eigenvalue weighted by Crippen LogP contribution is -2.57. The van der Waals surface area contributed by atoms with Crippen molar-refractivity contribution >= 4 is 11.9 Å². The van der Waals surface area contributed by atoms with Gasteiger partial charge in [0.15, 0.2) is 0 Å². The van der Waals surface area contributed by atoms with Crippen LogP contribution in [-0.4, -0.2) is 41.6 Å². The van der Waals surface area contributed by atoms with Crippen molar-refractivity contribution in [3.63, 3.8) is 0 Å². The van der Waals surface area contributed by atoms with E-state index in [1.165, 1.54) is 13.5 Å². The van der Waals surface area contributed by atoms with E-state index in [-0.39, 0.29) is 51.5 Å². The molecule has 6 rings (SSSR count). The molecule has 0 aromatic carbocycles. The molecule has 4 saturated carbocycles. The predicted octanol–water partition coefficient (Wildman–Crippen LogP) is 5.64. The highest BCUT2D eigenvalue weighted by Crippen LogP contribution is 2.88. The number of rotatable bonds is 4. The van der Waals surface area contributed by atoms with Crippen molar-refractivity contribution in [1.82, 2.24) is 0 Å². The minimum Gasteiger partial charge on any atom is -0.469 e. The summed E-state index contributed by atoms with van der Waals surface area (Å²) in [7, 11) is 1.48. The molecule has 0 radical (unpaired) electrons. The Kier molecular flexibility index (Phi) is 5.46. The van der Waals surface area contributed by atoms with Gasteiger partial charge in [-0.1, -0.05) is 27.7 Å². The average molecular weight is 517 g/mol. The Bertz CT molecular complexity index is 1000. The van der Waals surface area contributed by atoms with E-state index in [1.807, 2.05) is 20.8 Å². The van der Waals surface area contributed by atoms with Crippen LogP contribution >= 0.6 is 0 Å². The molecule has 0 amide bonds. The Labute approximate surface area is 222 Å². The first-order valence-electron chi connectivity index (χ1n) is 14.9. The van der Waals surface area contributed by atoms with Crippen LogP contribution < -0.4 is 0 Å². The van der Waals surface area contributed by atoms with Crippen molar-refractivity contribution in [1.29, 1.82) is 0 Å². The van der Waals surface area contributed by atoms with Gasteiger partial charge in [0.25, 0.3) is 0 Å². The van der Waals surface area contributed by atoms with E-state index in [1.54, 1.807) is 0 Å². The van der Waals surface area contributed by atoms with Crippen LogP contribution in [-0.2, 0) is 23.8 Å². The van der Waals surface area contributed by atoms with Gasteiger partial charge in [0.2, 0.25) is 5.79 Å². The summed E-state index contributed by atoms with van der Waals surface area (Å²) in [5.41, 5.74) is -0.290. The van der Waals surface area contributed by atoms with Crippen LogP contribution in [0.3, 0.4) is 0 Å². The number of esters is 2. The monoisotopic (exact) mass is 516 g/mol. The molecule has 0 bridgehead atoms. The van der Waals surface area contributed by atoms with E-state index in [0.29, 0.717) is 30.6 Å². The summed E-state index contributed by atoms with van der Waals surface area (Å²) in [4.78, 5) is 24.6. The fourth-order valence-corrected chi connectivity index (χ4v) is 11.9. The smallest absolute Gasteiger partial charge is 0.311 e. The molecule has 2 spiro atoms. The summed E-state index contributed by atoms with van der Waals surface area (Å²) in [6.07, 6.45) is 9.44. The second kappa shape index (κ2) is 7.74. The van der Waals surface area contributed by atoms with Gasteiger partial charge in [0.05, 0.1) is 24.7 Å². The number of hydrogen-bond donors (Lipinski definition) is 1. The average Bonchev–Trinajstić information content (AvgIpc) is 3.30. The SMILES string of the molecule is COC(=O)CC[C@]12C[C@]13CC[C@]1(C)[C@H]4[C@H](C)C[C@]5(C[C@@H](C)C(=O)O5)O[C@@H]4C[C@@]1(C)[C@@H]3CC[C@@H]2C(C)(C)O. The highest BCUT2D eigenvalue weighted by molar-refractivity contribution is 5.74. The Hall–Kier alpha value is -1.14. The van der Waals surface area contributed by atoms with Gasteiger partial charge in [-0.05, 0) is 104 Å². The van der Waals surface area contributed by atoms with E-state index in [4.69, 9.17) is 14.2 Å². The summed E-state index contributed by atoms with van der Waals surface area (Å²) in [5, 5.41) is 11.3.